The van der Waals surface area contributed by atoms with Crippen LogP contribution in [0.15, 0.2) is 4.99 Å². The lowest BCUT2D eigenvalue weighted by molar-refractivity contribution is 0.326. The van der Waals surface area contributed by atoms with Gasteiger partial charge in [0.1, 0.15) is 0 Å². The molecule has 0 heterocycles. The van der Waals surface area contributed by atoms with Crippen LogP contribution in [0.3, 0.4) is 0 Å². The monoisotopic (exact) mass is 142 g/mol. The zero-order valence-corrected chi connectivity index (χ0v) is 6.01. The molecule has 58 valence electrons. The molecule has 0 aliphatic heterocycles. The van der Waals surface area contributed by atoms with Crippen molar-refractivity contribution in [1.29, 1.82) is 0 Å². The molecular formula is C6H14N4. The Hall–Kier alpha value is -0.770. The number of hydrazine groups is 1. The van der Waals surface area contributed by atoms with Crippen LogP contribution in [0.25, 0.3) is 0 Å². The average molecular weight is 142 g/mol. The van der Waals surface area contributed by atoms with Gasteiger partial charge in [-0.2, -0.15) is 0 Å². The summed E-state index contributed by atoms with van der Waals surface area (Å²) >= 11 is 0. The third-order valence-electron chi connectivity index (χ3n) is 1.89. The lowest BCUT2D eigenvalue weighted by Gasteiger charge is -2.23. The van der Waals surface area contributed by atoms with Gasteiger partial charge < -0.3 is 5.73 Å². The minimum atomic E-state index is 0.340. The molecule has 0 amide bonds. The maximum Gasteiger partial charge on any atom is 0.203 e. The maximum atomic E-state index is 5.31. The molecule has 1 aliphatic carbocycles. The quantitative estimate of drug-likeness (QED) is 0.212. The van der Waals surface area contributed by atoms with Crippen LogP contribution in [0.2, 0.25) is 0 Å². The van der Waals surface area contributed by atoms with E-state index in [0.717, 1.165) is 12.5 Å². The Bertz CT molecular complexity index is 128. The van der Waals surface area contributed by atoms with Gasteiger partial charge in [0.05, 0.1) is 0 Å². The van der Waals surface area contributed by atoms with E-state index in [2.05, 4.69) is 10.4 Å². The Labute approximate surface area is 60.7 Å². The molecule has 1 saturated carbocycles. The molecule has 0 atom stereocenters. The summed E-state index contributed by atoms with van der Waals surface area (Å²) in [4.78, 5) is 4.02. The third-order valence-corrected chi connectivity index (χ3v) is 1.89. The number of nitrogens with zero attached hydrogens (tertiary/aromatic N) is 1. The van der Waals surface area contributed by atoms with Crippen LogP contribution in [0.5, 0.6) is 0 Å². The van der Waals surface area contributed by atoms with Crippen molar-refractivity contribution >= 4 is 5.96 Å². The van der Waals surface area contributed by atoms with E-state index >= 15 is 0 Å². The second kappa shape index (κ2) is 3.41. The fourth-order valence-corrected chi connectivity index (χ4v) is 0.948. The number of nitrogens with two attached hydrogens (primary N) is 2. The van der Waals surface area contributed by atoms with Crippen molar-refractivity contribution in [3.05, 3.63) is 0 Å². The van der Waals surface area contributed by atoms with Crippen LogP contribution in [-0.4, -0.2) is 12.5 Å². The fraction of sp³-hybridized carbons (Fsp3) is 0.833. The molecular weight excluding hydrogens is 128 g/mol. The van der Waals surface area contributed by atoms with Crippen molar-refractivity contribution < 1.29 is 0 Å². The van der Waals surface area contributed by atoms with Crippen molar-refractivity contribution in [3.8, 4) is 0 Å². The van der Waals surface area contributed by atoms with Crippen LogP contribution in [0, 0.1) is 5.92 Å². The highest BCUT2D eigenvalue weighted by molar-refractivity contribution is 5.77. The van der Waals surface area contributed by atoms with E-state index < -0.39 is 0 Å². The molecule has 0 bridgehead atoms. The number of hydrogen-bond donors (Lipinski definition) is 3. The lowest BCUT2D eigenvalue weighted by Crippen LogP contribution is -2.37. The molecule has 0 aromatic carbocycles. The van der Waals surface area contributed by atoms with Crippen LogP contribution in [0.1, 0.15) is 19.3 Å². The Kier molecular flexibility index (Phi) is 2.50. The second-order valence-electron chi connectivity index (χ2n) is 2.67. The van der Waals surface area contributed by atoms with Crippen molar-refractivity contribution in [2.75, 3.05) is 6.54 Å². The minimum absolute atomic E-state index is 0.340. The summed E-state index contributed by atoms with van der Waals surface area (Å²) in [6.07, 6.45) is 3.93. The largest absolute Gasteiger partial charge is 0.369 e. The van der Waals surface area contributed by atoms with Gasteiger partial charge in [0.25, 0.3) is 0 Å². The highest BCUT2D eigenvalue weighted by atomic mass is 15.3. The highest BCUT2D eigenvalue weighted by Crippen LogP contribution is 2.25. The Morgan fingerprint density at radius 2 is 2.30 bits per heavy atom. The van der Waals surface area contributed by atoms with Crippen LogP contribution in [-0.2, 0) is 0 Å². The Morgan fingerprint density at radius 3 is 2.70 bits per heavy atom. The number of aliphatic imine (C=N–C) groups is 1. The highest BCUT2D eigenvalue weighted by Gasteiger charge is 2.16. The first-order valence-electron chi connectivity index (χ1n) is 3.59. The molecule has 0 radical (unpaired) electrons. The summed E-state index contributed by atoms with van der Waals surface area (Å²) in [6, 6.07) is 0. The molecule has 0 saturated heterocycles. The van der Waals surface area contributed by atoms with Gasteiger partial charge in [0.2, 0.25) is 5.96 Å². The van der Waals surface area contributed by atoms with Gasteiger partial charge in [-0.05, 0) is 18.8 Å². The van der Waals surface area contributed by atoms with Crippen LogP contribution < -0.4 is 17.0 Å². The molecule has 0 aromatic heterocycles. The molecule has 0 unspecified atom stereocenters. The molecule has 10 heavy (non-hydrogen) atoms. The standard InChI is InChI=1S/C6H14N4/c7-6(10-8)9-4-5-2-1-3-5/h5H,1-4,8H2,(H3,7,9,10). The van der Waals surface area contributed by atoms with Crippen molar-refractivity contribution in [3.63, 3.8) is 0 Å². The van der Waals surface area contributed by atoms with Crippen molar-refractivity contribution in [1.82, 2.24) is 5.43 Å². The van der Waals surface area contributed by atoms with Gasteiger partial charge in [0.15, 0.2) is 0 Å². The smallest absolute Gasteiger partial charge is 0.203 e. The van der Waals surface area contributed by atoms with Gasteiger partial charge in [-0.3, -0.25) is 10.4 Å². The van der Waals surface area contributed by atoms with E-state index in [0.29, 0.717) is 5.96 Å². The van der Waals surface area contributed by atoms with E-state index in [1.165, 1.54) is 19.3 Å². The van der Waals surface area contributed by atoms with E-state index in [9.17, 15) is 0 Å². The molecule has 4 heteroatoms. The summed E-state index contributed by atoms with van der Waals surface area (Å²) in [5, 5.41) is 0. The first-order chi connectivity index (χ1) is 4.83. The van der Waals surface area contributed by atoms with Gasteiger partial charge in [-0.1, -0.05) is 6.42 Å². The normalized spacial score (nSPS) is 20.3. The average Bonchev–Trinajstić information content (AvgIpc) is 1.84. The molecule has 1 fully saturated rings. The molecule has 5 N–H and O–H groups in total. The van der Waals surface area contributed by atoms with Crippen molar-refractivity contribution in [2.24, 2.45) is 22.5 Å². The predicted molar refractivity (Wildman–Crippen MR) is 41.2 cm³/mol. The summed E-state index contributed by atoms with van der Waals surface area (Å²) in [6.45, 7) is 0.829. The first-order valence-corrected chi connectivity index (χ1v) is 3.59. The summed E-state index contributed by atoms with van der Waals surface area (Å²) in [5.74, 6) is 6.11. The maximum absolute atomic E-state index is 5.31. The Balaban J connectivity index is 2.12. The second-order valence-corrected chi connectivity index (χ2v) is 2.67. The number of hydrogen-bond acceptors (Lipinski definition) is 2. The molecule has 0 aromatic rings. The number of guanidine groups is 1. The zero-order chi connectivity index (χ0) is 7.40. The zero-order valence-electron chi connectivity index (χ0n) is 6.01. The third kappa shape index (κ3) is 1.88. The van der Waals surface area contributed by atoms with E-state index in [1.54, 1.807) is 0 Å². The molecule has 1 aliphatic rings. The van der Waals surface area contributed by atoms with Crippen LogP contribution in [0.4, 0.5) is 0 Å². The van der Waals surface area contributed by atoms with Gasteiger partial charge >= 0.3 is 0 Å². The van der Waals surface area contributed by atoms with Gasteiger partial charge in [-0.25, -0.2) is 5.84 Å². The summed E-state index contributed by atoms with van der Waals surface area (Å²) < 4.78 is 0. The van der Waals surface area contributed by atoms with E-state index in [1.807, 2.05) is 0 Å². The first kappa shape index (κ1) is 7.34. The SMILES string of the molecule is NNC(N)=NCC1CCC1. The van der Waals surface area contributed by atoms with Crippen molar-refractivity contribution in [2.45, 2.75) is 19.3 Å². The number of nitrogens with one attached hydrogen (secondary N) is 1. The number of rotatable bonds is 2. The summed E-state index contributed by atoms with van der Waals surface area (Å²) in [5.41, 5.74) is 7.61. The topological polar surface area (TPSA) is 76.4 Å². The molecule has 0 spiro atoms. The van der Waals surface area contributed by atoms with E-state index in [-0.39, 0.29) is 0 Å². The Morgan fingerprint density at radius 1 is 1.60 bits per heavy atom. The van der Waals surface area contributed by atoms with E-state index in [4.69, 9.17) is 11.6 Å². The fourth-order valence-electron chi connectivity index (χ4n) is 0.948. The predicted octanol–water partition coefficient (Wildman–Crippen LogP) is -0.436. The summed E-state index contributed by atoms with van der Waals surface area (Å²) in [7, 11) is 0. The lowest BCUT2D eigenvalue weighted by atomic mass is 9.86. The van der Waals surface area contributed by atoms with Crippen LogP contribution >= 0.6 is 0 Å². The minimum Gasteiger partial charge on any atom is -0.369 e. The molecule has 1 rings (SSSR count). The van der Waals surface area contributed by atoms with Gasteiger partial charge in [-0.15, -0.1) is 0 Å². The molecule has 4 nitrogen and oxygen atoms in total. The van der Waals surface area contributed by atoms with Gasteiger partial charge in [0, 0.05) is 6.54 Å².